The van der Waals surface area contributed by atoms with Gasteiger partial charge in [-0.15, -0.1) is 0 Å². The lowest BCUT2D eigenvalue weighted by molar-refractivity contribution is 0.0527. The van der Waals surface area contributed by atoms with Gasteiger partial charge >= 0.3 is 6.09 Å². The number of hydrogen-bond acceptors (Lipinski definition) is 5. The van der Waals surface area contributed by atoms with Gasteiger partial charge in [0.2, 0.25) is 0 Å². The number of pyridine rings is 1. The van der Waals surface area contributed by atoms with Crippen LogP contribution in [0.3, 0.4) is 0 Å². The number of aromatic nitrogens is 2. The summed E-state index contributed by atoms with van der Waals surface area (Å²) in [6, 6.07) is 13.3. The minimum Gasteiger partial charge on any atom is -0.444 e. The minimum absolute atomic E-state index is 0.103. The summed E-state index contributed by atoms with van der Waals surface area (Å²) in [5.41, 5.74) is 2.37. The Bertz CT molecular complexity index is 1170. The summed E-state index contributed by atoms with van der Waals surface area (Å²) >= 11 is 6.15. The Kier molecular flexibility index (Phi) is 8.69. The van der Waals surface area contributed by atoms with E-state index in [4.69, 9.17) is 21.3 Å². The van der Waals surface area contributed by atoms with Crippen molar-refractivity contribution in [3.8, 4) is 0 Å². The number of alkyl carbamates (subject to hydrolysis) is 1. The summed E-state index contributed by atoms with van der Waals surface area (Å²) in [6.45, 7) is 8.71. The highest BCUT2D eigenvalue weighted by Crippen LogP contribution is 2.21. The highest BCUT2D eigenvalue weighted by Gasteiger charge is 2.21. The van der Waals surface area contributed by atoms with Gasteiger partial charge in [0.15, 0.2) is 0 Å². The molecule has 0 saturated heterocycles. The van der Waals surface area contributed by atoms with Gasteiger partial charge in [0.25, 0.3) is 5.56 Å². The van der Waals surface area contributed by atoms with Gasteiger partial charge in [0, 0.05) is 30.8 Å². The molecule has 0 fully saturated rings. The summed E-state index contributed by atoms with van der Waals surface area (Å²) in [7, 11) is 0. The van der Waals surface area contributed by atoms with Crippen LogP contribution >= 0.6 is 11.6 Å². The molecule has 1 amide bonds. The number of carbonyl (C=O) groups is 1. The highest BCUT2D eigenvalue weighted by atomic mass is 35.5. The van der Waals surface area contributed by atoms with Gasteiger partial charge in [0.1, 0.15) is 11.2 Å². The van der Waals surface area contributed by atoms with E-state index < -0.39 is 11.7 Å². The molecule has 3 aromatic rings. The second kappa shape index (κ2) is 11.5. The van der Waals surface area contributed by atoms with Crippen LogP contribution < -0.4 is 16.2 Å². The lowest BCUT2D eigenvalue weighted by Gasteiger charge is -2.21. The smallest absolute Gasteiger partial charge is 0.407 e. The van der Waals surface area contributed by atoms with Crippen molar-refractivity contribution in [3.63, 3.8) is 0 Å². The normalized spacial score (nSPS) is 12.5. The Morgan fingerprint density at radius 2 is 1.88 bits per heavy atom. The Morgan fingerprint density at radius 3 is 2.56 bits per heavy atom. The molecule has 0 bridgehead atoms. The van der Waals surface area contributed by atoms with E-state index >= 15 is 0 Å². The average molecular weight is 485 g/mol. The third-order valence-corrected chi connectivity index (χ3v) is 5.51. The first-order valence-corrected chi connectivity index (χ1v) is 12.0. The van der Waals surface area contributed by atoms with E-state index in [1.54, 1.807) is 18.3 Å². The molecule has 8 heteroatoms. The van der Waals surface area contributed by atoms with E-state index in [1.807, 2.05) is 51.1 Å². The van der Waals surface area contributed by atoms with E-state index in [1.165, 1.54) is 4.40 Å². The van der Waals surface area contributed by atoms with Crippen LogP contribution in [-0.4, -0.2) is 34.2 Å². The third-order valence-electron chi connectivity index (χ3n) is 5.29. The summed E-state index contributed by atoms with van der Waals surface area (Å²) in [6.07, 6.45) is 3.15. The number of rotatable bonds is 9. The summed E-state index contributed by atoms with van der Waals surface area (Å²) in [5, 5.41) is 6.76. The number of benzene rings is 1. The van der Waals surface area contributed by atoms with Gasteiger partial charge in [-0.1, -0.05) is 48.9 Å². The van der Waals surface area contributed by atoms with Crippen LogP contribution in [0.2, 0.25) is 5.02 Å². The molecule has 0 spiro atoms. The molecule has 2 N–H and O–H groups in total. The van der Waals surface area contributed by atoms with Gasteiger partial charge in [-0.3, -0.25) is 9.20 Å². The molecular weight excluding hydrogens is 452 g/mol. The molecule has 1 unspecified atom stereocenters. The molecule has 1 aromatic carbocycles. The number of hydrogen-bond donors (Lipinski definition) is 2. The van der Waals surface area contributed by atoms with Crippen LogP contribution in [0.5, 0.6) is 0 Å². The van der Waals surface area contributed by atoms with Gasteiger partial charge in [0.05, 0.1) is 10.7 Å². The third kappa shape index (κ3) is 7.05. The summed E-state index contributed by atoms with van der Waals surface area (Å²) in [5.74, 6) is 0. The van der Waals surface area contributed by atoms with Crippen molar-refractivity contribution in [1.29, 1.82) is 0 Å². The molecule has 7 nitrogen and oxygen atoms in total. The van der Waals surface area contributed by atoms with Crippen molar-refractivity contribution in [2.24, 2.45) is 0 Å². The molecule has 0 aliphatic heterocycles. The van der Waals surface area contributed by atoms with Gasteiger partial charge < -0.3 is 15.4 Å². The first kappa shape index (κ1) is 25.7. The molecule has 0 saturated carbocycles. The van der Waals surface area contributed by atoms with Crippen LogP contribution in [-0.2, 0) is 11.2 Å². The molecule has 0 aliphatic carbocycles. The van der Waals surface area contributed by atoms with E-state index in [2.05, 4.69) is 17.6 Å². The number of ether oxygens (including phenoxy) is 1. The van der Waals surface area contributed by atoms with Gasteiger partial charge in [-0.2, -0.15) is 0 Å². The first-order chi connectivity index (χ1) is 16.2. The van der Waals surface area contributed by atoms with Crippen LogP contribution in [0.1, 0.15) is 63.4 Å². The number of amides is 1. The van der Waals surface area contributed by atoms with E-state index in [0.717, 1.165) is 17.7 Å². The molecule has 182 valence electrons. The maximum absolute atomic E-state index is 13.5. The Hall–Kier alpha value is -2.90. The monoisotopic (exact) mass is 484 g/mol. The quantitative estimate of drug-likeness (QED) is 0.422. The molecule has 34 heavy (non-hydrogen) atoms. The predicted octanol–water partition coefficient (Wildman–Crippen LogP) is 4.89. The van der Waals surface area contributed by atoms with Crippen LogP contribution in [0.4, 0.5) is 4.79 Å². The van der Waals surface area contributed by atoms with Gasteiger partial charge in [-0.05, 0) is 57.9 Å². The summed E-state index contributed by atoms with van der Waals surface area (Å²) in [4.78, 5) is 30.2. The van der Waals surface area contributed by atoms with Crippen molar-refractivity contribution in [2.45, 2.75) is 58.6 Å². The maximum Gasteiger partial charge on any atom is 0.407 e. The summed E-state index contributed by atoms with van der Waals surface area (Å²) < 4.78 is 6.78. The predicted molar refractivity (Wildman–Crippen MR) is 136 cm³/mol. The van der Waals surface area contributed by atoms with Crippen molar-refractivity contribution in [3.05, 3.63) is 80.9 Å². The van der Waals surface area contributed by atoms with E-state index in [9.17, 15) is 9.59 Å². The number of carbonyl (C=O) groups excluding carboxylic acids is 1. The zero-order chi connectivity index (χ0) is 24.7. The zero-order valence-electron chi connectivity index (χ0n) is 20.2. The molecule has 2 heterocycles. The number of halogens is 1. The molecule has 1 atom stereocenters. The van der Waals surface area contributed by atoms with Crippen molar-refractivity contribution < 1.29 is 9.53 Å². The lowest BCUT2D eigenvalue weighted by Crippen LogP contribution is -2.34. The molecule has 2 aromatic heterocycles. The van der Waals surface area contributed by atoms with E-state index in [0.29, 0.717) is 42.2 Å². The van der Waals surface area contributed by atoms with Crippen molar-refractivity contribution in [2.75, 3.05) is 13.1 Å². The van der Waals surface area contributed by atoms with Crippen LogP contribution in [0.25, 0.3) is 5.65 Å². The Balaban J connectivity index is 1.78. The zero-order valence-corrected chi connectivity index (χ0v) is 21.0. The lowest BCUT2D eigenvalue weighted by atomic mass is 9.99. The van der Waals surface area contributed by atoms with Crippen molar-refractivity contribution >= 4 is 23.3 Å². The second-order valence-electron chi connectivity index (χ2n) is 9.22. The molecular formula is C26H33ClN4O3. The first-order valence-electron chi connectivity index (χ1n) is 11.6. The Morgan fingerprint density at radius 1 is 1.15 bits per heavy atom. The molecule has 3 rings (SSSR count). The fraction of sp³-hybridized carbons (Fsp3) is 0.423. The standard InChI is InChI=1S/C26H33ClN4O3/c1-5-21(28-14-9-15-29-25(33)34-26(2,3)4)23-20(16-18-10-7-6-8-11-18)24(32)31-17-19(27)12-13-22(31)30-23/h6-8,10-13,17,21,28H,5,9,14-16H2,1-4H3,(H,29,33). The second-order valence-corrected chi connectivity index (χ2v) is 9.65. The van der Waals surface area contributed by atoms with Crippen LogP contribution in [0.15, 0.2) is 53.5 Å². The van der Waals surface area contributed by atoms with Crippen molar-refractivity contribution in [1.82, 2.24) is 20.0 Å². The van der Waals surface area contributed by atoms with Crippen LogP contribution in [0, 0.1) is 0 Å². The topological polar surface area (TPSA) is 84.7 Å². The minimum atomic E-state index is -0.523. The number of nitrogens with one attached hydrogen (secondary N) is 2. The van der Waals surface area contributed by atoms with Gasteiger partial charge in [-0.25, -0.2) is 9.78 Å². The highest BCUT2D eigenvalue weighted by molar-refractivity contribution is 6.30. The van der Waals surface area contributed by atoms with E-state index in [-0.39, 0.29) is 11.6 Å². The fourth-order valence-electron chi connectivity index (χ4n) is 3.72. The molecule has 0 aliphatic rings. The number of fused-ring (bicyclic) bond motifs is 1. The Labute approximate surface area is 205 Å². The fourth-order valence-corrected chi connectivity index (χ4v) is 3.89. The SMILES string of the molecule is CCC(NCCCNC(=O)OC(C)(C)C)c1nc2ccc(Cl)cn2c(=O)c1Cc1ccccc1. The number of nitrogens with zero attached hydrogens (tertiary/aromatic N) is 2. The molecule has 0 radical (unpaired) electrons. The largest absolute Gasteiger partial charge is 0.444 e. The average Bonchev–Trinajstić information content (AvgIpc) is 2.78. The maximum atomic E-state index is 13.5.